The lowest BCUT2D eigenvalue weighted by molar-refractivity contribution is -0.148. The van der Waals surface area contributed by atoms with Crippen LogP contribution in [0.15, 0.2) is 48.7 Å². The van der Waals surface area contributed by atoms with Crippen LogP contribution in [0.2, 0.25) is 0 Å². The molecule has 0 bridgehead atoms. The van der Waals surface area contributed by atoms with E-state index in [2.05, 4.69) is 10.3 Å². The summed E-state index contributed by atoms with van der Waals surface area (Å²) in [6.07, 6.45) is 1.43. The van der Waals surface area contributed by atoms with Gasteiger partial charge in [0.25, 0.3) is 0 Å². The van der Waals surface area contributed by atoms with E-state index in [0.29, 0.717) is 28.9 Å². The molecule has 2 aromatic carbocycles. The molecular weight excluding hydrogens is 424 g/mol. The Kier molecular flexibility index (Phi) is 7.96. The number of ketones is 1. The number of nitrogens with one attached hydrogen (secondary N) is 1. The fraction of sp³-hybridized carbons (Fsp3) is 0.280. The number of aliphatic carboxylic acids is 1. The highest BCUT2D eigenvalue weighted by Gasteiger charge is 2.17. The van der Waals surface area contributed by atoms with Crippen LogP contribution in [0.1, 0.15) is 42.1 Å². The summed E-state index contributed by atoms with van der Waals surface area (Å²) in [7, 11) is 0. The predicted octanol–water partition coefficient (Wildman–Crippen LogP) is 4.67. The fourth-order valence-electron chi connectivity index (χ4n) is 3.29. The molecule has 0 aliphatic carbocycles. The molecule has 0 spiro atoms. The maximum Gasteiger partial charge on any atom is 0.306 e. The normalized spacial score (nSPS) is 10.6. The Morgan fingerprint density at radius 2 is 1.82 bits per heavy atom. The number of Topliss-reactive ketones (excluding diaryl/α,β-unsaturated/α-hetero) is 1. The molecule has 0 saturated carbocycles. The van der Waals surface area contributed by atoms with Crippen LogP contribution < -0.4 is 10.1 Å². The van der Waals surface area contributed by atoms with Crippen LogP contribution in [0.3, 0.4) is 0 Å². The third-order valence-corrected chi connectivity index (χ3v) is 5.03. The molecule has 2 N–H and O–H groups in total. The summed E-state index contributed by atoms with van der Waals surface area (Å²) >= 11 is 0. The fourth-order valence-corrected chi connectivity index (χ4v) is 3.29. The molecule has 8 nitrogen and oxygen atoms in total. The Morgan fingerprint density at radius 3 is 2.55 bits per heavy atom. The zero-order valence-corrected chi connectivity index (χ0v) is 18.6. The Balaban J connectivity index is 1.84. The maximum absolute atomic E-state index is 12.6. The Hall–Kier alpha value is -3.94. The molecule has 0 aliphatic heterocycles. The molecule has 172 valence electrons. The van der Waals surface area contributed by atoms with Gasteiger partial charge in [-0.15, -0.1) is 0 Å². The summed E-state index contributed by atoms with van der Waals surface area (Å²) in [6.45, 7) is 3.85. The van der Waals surface area contributed by atoms with Crippen LogP contribution in [-0.4, -0.2) is 41.0 Å². The number of benzene rings is 2. The summed E-state index contributed by atoms with van der Waals surface area (Å²) in [4.78, 5) is 39.2. The quantitative estimate of drug-likeness (QED) is 0.246. The third-order valence-electron chi connectivity index (χ3n) is 5.03. The van der Waals surface area contributed by atoms with E-state index in [4.69, 9.17) is 14.6 Å². The first-order valence-electron chi connectivity index (χ1n) is 10.7. The summed E-state index contributed by atoms with van der Waals surface area (Å²) in [5, 5.41) is 12.7. The molecule has 1 aromatic heterocycles. The zero-order chi connectivity index (χ0) is 23.8. The highest BCUT2D eigenvalue weighted by atomic mass is 16.6. The van der Waals surface area contributed by atoms with Gasteiger partial charge in [0.05, 0.1) is 24.1 Å². The summed E-state index contributed by atoms with van der Waals surface area (Å²) in [5.74, 6) is -1.19. The molecule has 0 fully saturated rings. The van der Waals surface area contributed by atoms with Gasteiger partial charge in [0, 0.05) is 23.7 Å². The second-order valence-corrected chi connectivity index (χ2v) is 7.38. The van der Waals surface area contributed by atoms with Gasteiger partial charge in [-0.2, -0.15) is 0 Å². The number of carbonyl (C=O) groups excluding carboxylic acids is 2. The van der Waals surface area contributed by atoms with Crippen LogP contribution in [0, 0.1) is 6.92 Å². The first-order chi connectivity index (χ1) is 15.9. The highest BCUT2D eigenvalue weighted by Crippen LogP contribution is 2.34. The van der Waals surface area contributed by atoms with E-state index >= 15 is 0 Å². The lowest BCUT2D eigenvalue weighted by Gasteiger charge is -2.17. The summed E-state index contributed by atoms with van der Waals surface area (Å²) in [5.41, 5.74) is 3.65. The largest absolute Gasteiger partial charge is 0.488 e. The van der Waals surface area contributed by atoms with E-state index in [-0.39, 0.29) is 31.8 Å². The van der Waals surface area contributed by atoms with Gasteiger partial charge >= 0.3 is 11.9 Å². The number of aromatic nitrogens is 1. The molecule has 0 unspecified atom stereocenters. The number of para-hydroxylation sites is 2. The molecule has 33 heavy (non-hydrogen) atoms. The lowest BCUT2D eigenvalue weighted by Crippen LogP contribution is -2.13. The molecule has 0 radical (unpaired) electrons. The SMILES string of the molecule is CCC(=O)c1cnc2c(OCCOC(=O)CCC(=O)O)cccc2c1Nc1ccccc1C. The number of carboxylic acid groups (broad SMARTS) is 1. The smallest absolute Gasteiger partial charge is 0.306 e. The minimum absolute atomic E-state index is 0.0183. The van der Waals surface area contributed by atoms with E-state index in [0.717, 1.165) is 16.6 Å². The molecule has 3 aromatic rings. The van der Waals surface area contributed by atoms with E-state index in [1.54, 1.807) is 25.3 Å². The monoisotopic (exact) mass is 450 g/mol. The number of anilines is 2. The van der Waals surface area contributed by atoms with Crippen molar-refractivity contribution in [3.05, 3.63) is 59.8 Å². The average molecular weight is 450 g/mol. The first kappa shape index (κ1) is 23.7. The van der Waals surface area contributed by atoms with E-state index in [1.807, 2.05) is 37.3 Å². The number of carboxylic acids is 1. The molecule has 0 saturated heterocycles. The number of fused-ring (bicyclic) bond motifs is 1. The van der Waals surface area contributed by atoms with Gasteiger partial charge in [-0.05, 0) is 24.6 Å². The van der Waals surface area contributed by atoms with Crippen molar-refractivity contribution in [2.75, 3.05) is 18.5 Å². The number of pyridine rings is 1. The van der Waals surface area contributed by atoms with E-state index in [1.165, 1.54) is 0 Å². The van der Waals surface area contributed by atoms with Crippen LogP contribution in [-0.2, 0) is 14.3 Å². The number of hydrogen-bond donors (Lipinski definition) is 2. The number of aryl methyl sites for hydroxylation is 1. The minimum atomic E-state index is -1.05. The Bertz CT molecular complexity index is 1170. The van der Waals surface area contributed by atoms with Gasteiger partial charge in [-0.25, -0.2) is 0 Å². The van der Waals surface area contributed by atoms with Crippen LogP contribution in [0.5, 0.6) is 5.75 Å². The van der Waals surface area contributed by atoms with Crippen molar-refractivity contribution in [3.8, 4) is 5.75 Å². The number of hydrogen-bond acceptors (Lipinski definition) is 7. The van der Waals surface area contributed by atoms with Crippen molar-refractivity contribution >= 4 is 40.0 Å². The van der Waals surface area contributed by atoms with Crippen molar-refractivity contribution in [3.63, 3.8) is 0 Å². The summed E-state index contributed by atoms with van der Waals surface area (Å²) < 4.78 is 10.8. The Morgan fingerprint density at radius 1 is 1.03 bits per heavy atom. The van der Waals surface area contributed by atoms with Crippen molar-refractivity contribution in [1.29, 1.82) is 0 Å². The maximum atomic E-state index is 12.6. The van der Waals surface area contributed by atoms with Gasteiger partial charge in [0.15, 0.2) is 5.78 Å². The van der Waals surface area contributed by atoms with Gasteiger partial charge in [-0.1, -0.05) is 37.3 Å². The standard InChI is InChI=1S/C25H26N2O6/c1-3-20(28)18-15-26-25-17(24(18)27-19-9-5-4-7-16(19)2)8-6-10-21(25)32-13-14-33-23(31)12-11-22(29)30/h4-10,15H,3,11-14H2,1-2H3,(H,26,27)(H,29,30). The van der Waals surface area contributed by atoms with E-state index < -0.39 is 11.9 Å². The van der Waals surface area contributed by atoms with E-state index in [9.17, 15) is 14.4 Å². The van der Waals surface area contributed by atoms with Gasteiger partial charge in [0.2, 0.25) is 0 Å². The average Bonchev–Trinajstić information content (AvgIpc) is 2.81. The van der Waals surface area contributed by atoms with Gasteiger partial charge in [0.1, 0.15) is 24.5 Å². The number of carbonyl (C=O) groups is 3. The Labute approximate surface area is 191 Å². The number of esters is 1. The molecule has 8 heteroatoms. The number of ether oxygens (including phenoxy) is 2. The topological polar surface area (TPSA) is 115 Å². The highest BCUT2D eigenvalue weighted by molar-refractivity contribution is 6.09. The second kappa shape index (κ2) is 11.1. The number of rotatable bonds is 11. The second-order valence-electron chi connectivity index (χ2n) is 7.38. The molecule has 3 rings (SSSR count). The molecule has 0 amide bonds. The van der Waals surface area contributed by atoms with Gasteiger partial charge in [-0.3, -0.25) is 19.4 Å². The van der Waals surface area contributed by atoms with Crippen molar-refractivity contribution in [2.24, 2.45) is 0 Å². The molecule has 0 atom stereocenters. The molecule has 0 aliphatic rings. The minimum Gasteiger partial charge on any atom is -0.488 e. The van der Waals surface area contributed by atoms with Crippen molar-refractivity contribution in [2.45, 2.75) is 33.1 Å². The summed E-state index contributed by atoms with van der Waals surface area (Å²) in [6, 6.07) is 13.2. The zero-order valence-electron chi connectivity index (χ0n) is 18.6. The van der Waals surface area contributed by atoms with Crippen LogP contribution >= 0.6 is 0 Å². The van der Waals surface area contributed by atoms with Crippen molar-refractivity contribution in [1.82, 2.24) is 4.98 Å². The third kappa shape index (κ3) is 6.06. The van der Waals surface area contributed by atoms with Crippen LogP contribution in [0.25, 0.3) is 10.9 Å². The predicted molar refractivity (Wildman–Crippen MR) is 124 cm³/mol. The van der Waals surface area contributed by atoms with Gasteiger partial charge < -0.3 is 19.9 Å². The molecular formula is C25H26N2O6. The number of nitrogens with zero attached hydrogens (tertiary/aromatic N) is 1. The lowest BCUT2D eigenvalue weighted by atomic mass is 10.0. The van der Waals surface area contributed by atoms with Crippen molar-refractivity contribution < 1.29 is 29.0 Å². The first-order valence-corrected chi connectivity index (χ1v) is 10.7. The molecule has 1 heterocycles. The van der Waals surface area contributed by atoms with Crippen LogP contribution in [0.4, 0.5) is 11.4 Å².